The van der Waals surface area contributed by atoms with Crippen LogP contribution in [0.3, 0.4) is 0 Å². The van der Waals surface area contributed by atoms with Gasteiger partial charge in [0, 0.05) is 50.7 Å². The fraction of sp³-hybridized carbons (Fsp3) is 0.476. The van der Waals surface area contributed by atoms with Crippen LogP contribution in [0.1, 0.15) is 63.8 Å². The molecule has 3 rings (SSSR count). The van der Waals surface area contributed by atoms with E-state index in [1.165, 1.54) is 0 Å². The maximum absolute atomic E-state index is 12.5. The van der Waals surface area contributed by atoms with E-state index in [0.29, 0.717) is 29.4 Å². The number of nitrogens with one attached hydrogen (secondary N) is 1. The van der Waals surface area contributed by atoms with Gasteiger partial charge in [0.2, 0.25) is 0 Å². The summed E-state index contributed by atoms with van der Waals surface area (Å²) in [6.07, 6.45) is 8.81. The number of amides is 2. The highest BCUT2D eigenvalue weighted by molar-refractivity contribution is 5.95. The molecule has 2 aromatic heterocycles. The van der Waals surface area contributed by atoms with Crippen LogP contribution < -0.4 is 5.32 Å². The van der Waals surface area contributed by atoms with Gasteiger partial charge in [-0.25, -0.2) is 9.97 Å². The lowest BCUT2D eigenvalue weighted by Gasteiger charge is -2.29. The second-order valence-corrected chi connectivity index (χ2v) is 7.58. The lowest BCUT2D eigenvalue weighted by atomic mass is 9.79. The molecule has 0 spiro atoms. The number of carbonyl (C=O) groups is 2. The lowest BCUT2D eigenvalue weighted by molar-refractivity contribution is 0.0823. The number of hydrogen-bond donors (Lipinski definition) is 1. The molecule has 7 heteroatoms. The Balaban J connectivity index is 1.59. The Morgan fingerprint density at radius 1 is 1.14 bits per heavy atom. The molecule has 0 bridgehead atoms. The number of aryl methyl sites for hydroxylation is 1. The predicted molar refractivity (Wildman–Crippen MR) is 106 cm³/mol. The van der Waals surface area contributed by atoms with Crippen LogP contribution in [0.2, 0.25) is 0 Å². The van der Waals surface area contributed by atoms with Crippen molar-refractivity contribution < 1.29 is 9.59 Å². The monoisotopic (exact) mass is 381 g/mol. The topological polar surface area (TPSA) is 88.1 Å². The molecule has 0 aromatic carbocycles. The van der Waals surface area contributed by atoms with Gasteiger partial charge in [-0.05, 0) is 50.7 Å². The molecular weight excluding hydrogens is 354 g/mol. The van der Waals surface area contributed by atoms with Crippen molar-refractivity contribution in [3.63, 3.8) is 0 Å². The molecule has 1 aliphatic rings. The molecule has 1 aliphatic carbocycles. The average molecular weight is 381 g/mol. The Labute approximate surface area is 165 Å². The first-order chi connectivity index (χ1) is 13.5. The van der Waals surface area contributed by atoms with E-state index in [1.54, 1.807) is 49.7 Å². The Kier molecular flexibility index (Phi) is 6.34. The highest BCUT2D eigenvalue weighted by Crippen LogP contribution is 2.36. The van der Waals surface area contributed by atoms with Crippen LogP contribution in [-0.4, -0.2) is 52.3 Å². The van der Waals surface area contributed by atoms with Crippen molar-refractivity contribution in [3.8, 4) is 0 Å². The molecule has 1 saturated carbocycles. The van der Waals surface area contributed by atoms with E-state index < -0.39 is 0 Å². The first kappa shape index (κ1) is 19.9. The van der Waals surface area contributed by atoms with Crippen LogP contribution in [0, 0.1) is 12.8 Å². The lowest BCUT2D eigenvalue weighted by Crippen LogP contribution is -2.31. The van der Waals surface area contributed by atoms with Crippen LogP contribution in [0.15, 0.2) is 30.7 Å². The zero-order chi connectivity index (χ0) is 20.1. The van der Waals surface area contributed by atoms with E-state index in [0.717, 1.165) is 31.4 Å². The van der Waals surface area contributed by atoms with Crippen molar-refractivity contribution in [2.45, 2.75) is 38.5 Å². The summed E-state index contributed by atoms with van der Waals surface area (Å²) in [5.74, 6) is 1.28. The summed E-state index contributed by atoms with van der Waals surface area (Å²) in [6, 6.07) is 3.43. The van der Waals surface area contributed by atoms with Gasteiger partial charge in [-0.1, -0.05) is 0 Å². The van der Waals surface area contributed by atoms with Gasteiger partial charge in [0.05, 0.1) is 11.3 Å². The standard InChI is InChI=1S/C21H27N5O2/c1-14-23-13-18(21(28)26(2)3)19(25-14)16-6-4-15(5-7-16)12-24-20(27)17-8-10-22-11-9-17/h8-11,13,15-16H,4-7,12H2,1-3H3,(H,24,27). The quantitative estimate of drug-likeness (QED) is 0.860. The minimum atomic E-state index is -0.0604. The summed E-state index contributed by atoms with van der Waals surface area (Å²) < 4.78 is 0. The van der Waals surface area contributed by atoms with Crippen LogP contribution in [-0.2, 0) is 0 Å². The van der Waals surface area contributed by atoms with Crippen LogP contribution in [0.5, 0.6) is 0 Å². The molecule has 2 amide bonds. The molecule has 0 saturated heterocycles. The molecule has 0 atom stereocenters. The molecule has 2 heterocycles. The largest absolute Gasteiger partial charge is 0.352 e. The number of carbonyl (C=O) groups excluding carboxylic acids is 2. The summed E-state index contributed by atoms with van der Waals surface area (Å²) in [6.45, 7) is 2.52. The zero-order valence-corrected chi connectivity index (χ0v) is 16.7. The highest BCUT2D eigenvalue weighted by Gasteiger charge is 2.28. The first-order valence-corrected chi connectivity index (χ1v) is 9.69. The summed E-state index contributed by atoms with van der Waals surface area (Å²) >= 11 is 0. The average Bonchev–Trinajstić information content (AvgIpc) is 2.72. The molecule has 0 unspecified atom stereocenters. The first-order valence-electron chi connectivity index (χ1n) is 9.69. The molecule has 1 N–H and O–H groups in total. The third-order valence-corrected chi connectivity index (χ3v) is 5.30. The summed E-state index contributed by atoms with van der Waals surface area (Å²) in [5.41, 5.74) is 2.10. The van der Waals surface area contributed by atoms with Crippen molar-refractivity contribution in [1.82, 2.24) is 25.2 Å². The van der Waals surface area contributed by atoms with Crippen molar-refractivity contribution in [2.24, 2.45) is 5.92 Å². The fourth-order valence-electron chi connectivity index (χ4n) is 3.69. The zero-order valence-electron chi connectivity index (χ0n) is 16.7. The van der Waals surface area contributed by atoms with Gasteiger partial charge in [0.25, 0.3) is 11.8 Å². The molecule has 0 radical (unpaired) electrons. The molecule has 0 aliphatic heterocycles. The van der Waals surface area contributed by atoms with Gasteiger partial charge in [-0.15, -0.1) is 0 Å². The molecule has 28 heavy (non-hydrogen) atoms. The fourth-order valence-corrected chi connectivity index (χ4v) is 3.69. The molecular formula is C21H27N5O2. The van der Waals surface area contributed by atoms with Gasteiger partial charge in [-0.3, -0.25) is 14.6 Å². The second kappa shape index (κ2) is 8.91. The molecule has 1 fully saturated rings. The second-order valence-electron chi connectivity index (χ2n) is 7.58. The van der Waals surface area contributed by atoms with Crippen LogP contribution in [0.4, 0.5) is 0 Å². The van der Waals surface area contributed by atoms with Gasteiger partial charge in [0.15, 0.2) is 0 Å². The van der Waals surface area contributed by atoms with Crippen LogP contribution in [0.25, 0.3) is 0 Å². The van der Waals surface area contributed by atoms with Crippen molar-refractivity contribution in [2.75, 3.05) is 20.6 Å². The van der Waals surface area contributed by atoms with Crippen LogP contribution >= 0.6 is 0 Å². The van der Waals surface area contributed by atoms with E-state index >= 15 is 0 Å². The Morgan fingerprint density at radius 3 is 2.46 bits per heavy atom. The van der Waals surface area contributed by atoms with Gasteiger partial charge >= 0.3 is 0 Å². The van der Waals surface area contributed by atoms with Crippen molar-refractivity contribution in [1.29, 1.82) is 0 Å². The van der Waals surface area contributed by atoms with Gasteiger partial charge in [-0.2, -0.15) is 0 Å². The molecule has 148 valence electrons. The van der Waals surface area contributed by atoms with E-state index in [2.05, 4.69) is 20.3 Å². The van der Waals surface area contributed by atoms with E-state index in [1.807, 2.05) is 6.92 Å². The number of nitrogens with zero attached hydrogens (tertiary/aromatic N) is 4. The summed E-state index contributed by atoms with van der Waals surface area (Å²) in [7, 11) is 3.49. The van der Waals surface area contributed by atoms with E-state index in [4.69, 9.17) is 0 Å². The van der Waals surface area contributed by atoms with Gasteiger partial charge in [0.1, 0.15) is 5.82 Å². The Hall–Kier alpha value is -2.83. The summed E-state index contributed by atoms with van der Waals surface area (Å²) in [4.78, 5) is 39.0. The Morgan fingerprint density at radius 2 is 1.82 bits per heavy atom. The highest BCUT2D eigenvalue weighted by atomic mass is 16.2. The summed E-state index contributed by atoms with van der Waals surface area (Å²) in [5, 5.41) is 3.02. The van der Waals surface area contributed by atoms with Crippen molar-refractivity contribution in [3.05, 3.63) is 53.4 Å². The minimum Gasteiger partial charge on any atom is -0.352 e. The normalized spacial score (nSPS) is 19.1. The number of pyridine rings is 1. The number of aromatic nitrogens is 3. The third-order valence-electron chi connectivity index (χ3n) is 5.30. The Bertz CT molecular complexity index is 830. The van der Waals surface area contributed by atoms with Crippen molar-refractivity contribution >= 4 is 11.8 Å². The smallest absolute Gasteiger partial charge is 0.256 e. The molecule has 2 aromatic rings. The molecule has 7 nitrogen and oxygen atoms in total. The predicted octanol–water partition coefficient (Wildman–Crippen LogP) is 2.59. The van der Waals surface area contributed by atoms with E-state index in [-0.39, 0.29) is 17.7 Å². The van der Waals surface area contributed by atoms with E-state index in [9.17, 15) is 9.59 Å². The van der Waals surface area contributed by atoms with Gasteiger partial charge < -0.3 is 10.2 Å². The number of hydrogen-bond acceptors (Lipinski definition) is 5. The SMILES string of the molecule is Cc1ncc(C(=O)N(C)C)c(C2CCC(CNC(=O)c3ccncc3)CC2)n1. The minimum absolute atomic E-state index is 0.0539. The number of rotatable bonds is 5. The third kappa shape index (κ3) is 4.71. The maximum atomic E-state index is 12.5. The maximum Gasteiger partial charge on any atom is 0.256 e.